The van der Waals surface area contributed by atoms with Crippen LogP contribution in [0.1, 0.15) is 22.3 Å². The minimum absolute atomic E-state index is 0.101. The van der Waals surface area contributed by atoms with Crippen LogP contribution in [0.4, 0.5) is 0 Å². The van der Waals surface area contributed by atoms with E-state index in [-0.39, 0.29) is 5.38 Å². The first-order chi connectivity index (χ1) is 7.66. The Kier molecular flexibility index (Phi) is 3.72. The number of furan rings is 1. The zero-order valence-electron chi connectivity index (χ0n) is 8.91. The van der Waals surface area contributed by atoms with E-state index in [9.17, 15) is 0 Å². The van der Waals surface area contributed by atoms with Crippen LogP contribution in [-0.4, -0.2) is 0 Å². The van der Waals surface area contributed by atoms with Gasteiger partial charge in [0.15, 0.2) is 0 Å². The molecule has 0 saturated carbocycles. The van der Waals surface area contributed by atoms with Crippen molar-refractivity contribution in [3.05, 3.63) is 58.0 Å². The van der Waals surface area contributed by atoms with Gasteiger partial charge >= 0.3 is 0 Å². The van der Waals surface area contributed by atoms with Crippen molar-refractivity contribution in [3.63, 3.8) is 0 Å². The first-order valence-corrected chi connectivity index (χ1v) is 6.32. The number of rotatable bonds is 3. The third-order valence-corrected chi connectivity index (χ3v) is 3.40. The monoisotopic (exact) mass is 298 g/mol. The molecule has 0 amide bonds. The molecule has 2 aromatic rings. The molecule has 0 fully saturated rings. The number of benzene rings is 1. The summed E-state index contributed by atoms with van der Waals surface area (Å²) in [5.41, 5.74) is 2.32. The minimum atomic E-state index is -0.101. The largest absolute Gasteiger partial charge is 0.467 e. The molecule has 3 heteroatoms. The molecule has 0 aliphatic carbocycles. The lowest BCUT2D eigenvalue weighted by atomic mass is 10.1. The van der Waals surface area contributed by atoms with Crippen LogP contribution in [0.25, 0.3) is 0 Å². The summed E-state index contributed by atoms with van der Waals surface area (Å²) in [6.07, 6.45) is 2.46. The highest BCUT2D eigenvalue weighted by Crippen LogP contribution is 2.28. The molecule has 0 radical (unpaired) electrons. The second kappa shape index (κ2) is 5.07. The number of hydrogen-bond donors (Lipinski definition) is 0. The number of hydrogen-bond acceptors (Lipinski definition) is 1. The van der Waals surface area contributed by atoms with Crippen LogP contribution < -0.4 is 0 Å². The van der Waals surface area contributed by atoms with Crippen LogP contribution in [0, 0.1) is 6.92 Å². The van der Waals surface area contributed by atoms with E-state index in [0.29, 0.717) is 0 Å². The quantitative estimate of drug-likeness (QED) is 0.737. The van der Waals surface area contributed by atoms with Crippen molar-refractivity contribution in [1.82, 2.24) is 0 Å². The lowest BCUT2D eigenvalue weighted by Gasteiger charge is -2.08. The van der Waals surface area contributed by atoms with Gasteiger partial charge in [0.2, 0.25) is 0 Å². The van der Waals surface area contributed by atoms with E-state index < -0.39 is 0 Å². The first-order valence-electron chi connectivity index (χ1n) is 5.09. The van der Waals surface area contributed by atoms with Gasteiger partial charge in [-0.25, -0.2) is 0 Å². The van der Waals surface area contributed by atoms with Crippen molar-refractivity contribution in [2.24, 2.45) is 0 Å². The zero-order valence-corrected chi connectivity index (χ0v) is 11.3. The summed E-state index contributed by atoms with van der Waals surface area (Å²) in [5.74, 6) is 0.865. The van der Waals surface area contributed by atoms with E-state index >= 15 is 0 Å². The van der Waals surface area contributed by atoms with Crippen LogP contribution in [0.5, 0.6) is 0 Å². The van der Waals surface area contributed by atoms with Gasteiger partial charge in [0.1, 0.15) is 5.76 Å². The Morgan fingerprint density at radius 1 is 1.25 bits per heavy atom. The van der Waals surface area contributed by atoms with Gasteiger partial charge in [-0.3, -0.25) is 0 Å². The van der Waals surface area contributed by atoms with E-state index in [1.165, 1.54) is 5.56 Å². The molecule has 0 saturated heterocycles. The van der Waals surface area contributed by atoms with Crippen LogP contribution in [0.2, 0.25) is 0 Å². The van der Waals surface area contributed by atoms with E-state index in [1.807, 2.05) is 25.1 Å². The molecule has 0 bridgehead atoms. The highest BCUT2D eigenvalue weighted by molar-refractivity contribution is 9.10. The van der Waals surface area contributed by atoms with E-state index in [4.69, 9.17) is 16.0 Å². The van der Waals surface area contributed by atoms with Crippen molar-refractivity contribution >= 4 is 27.5 Å². The maximum absolute atomic E-state index is 6.32. The van der Waals surface area contributed by atoms with Gasteiger partial charge in [0, 0.05) is 4.47 Å². The highest BCUT2D eigenvalue weighted by atomic mass is 79.9. The summed E-state index contributed by atoms with van der Waals surface area (Å²) < 4.78 is 6.46. The van der Waals surface area contributed by atoms with E-state index in [1.54, 1.807) is 6.26 Å². The fraction of sp³-hybridized carbons (Fsp3) is 0.231. The molecular formula is C13H12BrClO. The van der Waals surface area contributed by atoms with Crippen LogP contribution >= 0.6 is 27.5 Å². The molecule has 1 unspecified atom stereocenters. The SMILES string of the molecule is Cc1ccoc1C(Cl)Cc1ccc(Br)cc1. The van der Waals surface area contributed by atoms with Gasteiger partial charge in [0.05, 0.1) is 11.6 Å². The molecular weight excluding hydrogens is 287 g/mol. The molecule has 16 heavy (non-hydrogen) atoms. The van der Waals surface area contributed by atoms with Crippen LogP contribution in [-0.2, 0) is 6.42 Å². The maximum atomic E-state index is 6.32. The summed E-state index contributed by atoms with van der Waals surface area (Å²) in [7, 11) is 0. The summed E-state index contributed by atoms with van der Waals surface area (Å²) in [5, 5.41) is -0.101. The normalized spacial score (nSPS) is 12.7. The number of halogens is 2. The summed E-state index contributed by atoms with van der Waals surface area (Å²) in [6.45, 7) is 2.01. The van der Waals surface area contributed by atoms with Crippen molar-refractivity contribution in [2.45, 2.75) is 18.7 Å². The molecule has 1 atom stereocenters. The highest BCUT2D eigenvalue weighted by Gasteiger charge is 2.14. The average molecular weight is 300 g/mol. The second-order valence-electron chi connectivity index (χ2n) is 3.77. The predicted octanol–water partition coefficient (Wildman–Crippen LogP) is 4.87. The van der Waals surface area contributed by atoms with Gasteiger partial charge < -0.3 is 4.42 Å². The fourth-order valence-electron chi connectivity index (χ4n) is 1.63. The van der Waals surface area contributed by atoms with Gasteiger partial charge in [0.25, 0.3) is 0 Å². The molecule has 0 aliphatic rings. The number of alkyl halides is 1. The van der Waals surface area contributed by atoms with Crippen molar-refractivity contribution in [1.29, 1.82) is 0 Å². The summed E-state index contributed by atoms with van der Waals surface area (Å²) in [6, 6.07) is 10.1. The second-order valence-corrected chi connectivity index (χ2v) is 5.21. The zero-order chi connectivity index (χ0) is 11.5. The molecule has 1 aromatic heterocycles. The topological polar surface area (TPSA) is 13.1 Å². The van der Waals surface area contributed by atoms with Crippen molar-refractivity contribution in [2.75, 3.05) is 0 Å². The minimum Gasteiger partial charge on any atom is -0.467 e. The lowest BCUT2D eigenvalue weighted by Crippen LogP contribution is -1.95. The Hall–Kier alpha value is -0.730. The van der Waals surface area contributed by atoms with E-state index in [2.05, 4.69) is 28.1 Å². The molecule has 0 N–H and O–H groups in total. The van der Waals surface area contributed by atoms with Gasteiger partial charge in [-0.15, -0.1) is 11.6 Å². The maximum Gasteiger partial charge on any atom is 0.124 e. The standard InChI is InChI=1S/C13H12BrClO/c1-9-6-7-16-13(9)12(15)8-10-2-4-11(14)5-3-10/h2-7,12H,8H2,1H3. The third kappa shape index (κ3) is 2.69. The molecule has 0 spiro atoms. The molecule has 1 nitrogen and oxygen atoms in total. The van der Waals surface area contributed by atoms with E-state index in [0.717, 1.165) is 22.2 Å². The van der Waals surface area contributed by atoms with Crippen LogP contribution in [0.3, 0.4) is 0 Å². The molecule has 84 valence electrons. The van der Waals surface area contributed by atoms with Crippen molar-refractivity contribution < 1.29 is 4.42 Å². The Bertz CT molecular complexity index is 461. The Balaban J connectivity index is 2.10. The molecule has 1 aromatic carbocycles. The first kappa shape index (κ1) is 11.7. The van der Waals surface area contributed by atoms with Crippen LogP contribution in [0.15, 0.2) is 45.5 Å². The third-order valence-electron chi connectivity index (χ3n) is 2.51. The smallest absolute Gasteiger partial charge is 0.124 e. The Labute approximate surface area is 109 Å². The van der Waals surface area contributed by atoms with Gasteiger partial charge in [-0.1, -0.05) is 28.1 Å². The summed E-state index contributed by atoms with van der Waals surface area (Å²) >= 11 is 9.73. The Morgan fingerprint density at radius 3 is 2.50 bits per heavy atom. The van der Waals surface area contributed by atoms with Gasteiger partial charge in [-0.05, 0) is 42.7 Å². The average Bonchev–Trinajstić information content (AvgIpc) is 2.68. The van der Waals surface area contributed by atoms with Crippen molar-refractivity contribution in [3.8, 4) is 0 Å². The number of aryl methyl sites for hydroxylation is 1. The fourth-order valence-corrected chi connectivity index (χ4v) is 2.29. The molecule has 2 rings (SSSR count). The predicted molar refractivity (Wildman–Crippen MR) is 69.9 cm³/mol. The summed E-state index contributed by atoms with van der Waals surface area (Å²) in [4.78, 5) is 0. The van der Waals surface area contributed by atoms with Gasteiger partial charge in [-0.2, -0.15) is 0 Å². The lowest BCUT2D eigenvalue weighted by molar-refractivity contribution is 0.499. The Morgan fingerprint density at radius 2 is 1.94 bits per heavy atom. The molecule has 1 heterocycles. The molecule has 0 aliphatic heterocycles.